The molecule has 7 heteroatoms. The van der Waals surface area contributed by atoms with Gasteiger partial charge in [0, 0.05) is 32.4 Å². The van der Waals surface area contributed by atoms with Crippen molar-refractivity contribution in [3.63, 3.8) is 0 Å². The highest BCUT2D eigenvalue weighted by Crippen LogP contribution is 2.29. The van der Waals surface area contributed by atoms with Crippen LogP contribution in [-0.2, 0) is 9.59 Å². The van der Waals surface area contributed by atoms with E-state index in [1.807, 2.05) is 47.4 Å². The van der Waals surface area contributed by atoms with Gasteiger partial charge in [0.2, 0.25) is 0 Å². The molecule has 31 heavy (non-hydrogen) atoms. The molecule has 7 nitrogen and oxygen atoms in total. The molecule has 2 aromatic carbocycles. The third-order valence-corrected chi connectivity index (χ3v) is 5.34. The van der Waals surface area contributed by atoms with E-state index < -0.39 is 17.9 Å². The van der Waals surface area contributed by atoms with Gasteiger partial charge in [-0.1, -0.05) is 60.7 Å². The largest absolute Gasteiger partial charge is 0.480 e. The smallest absolute Gasteiger partial charge is 0.325 e. The number of carboxylic acid groups (broad SMARTS) is 1. The van der Waals surface area contributed by atoms with E-state index in [1.54, 1.807) is 0 Å². The van der Waals surface area contributed by atoms with Crippen LogP contribution in [0.3, 0.4) is 0 Å². The quantitative estimate of drug-likeness (QED) is 0.529. The van der Waals surface area contributed by atoms with Crippen LogP contribution in [0.25, 0.3) is 0 Å². The predicted molar refractivity (Wildman–Crippen MR) is 117 cm³/mol. The average molecular weight is 418 g/mol. The molecule has 3 rings (SSSR count). The topological polar surface area (TPSA) is 96.7 Å². The van der Waals surface area contributed by atoms with Crippen LogP contribution >= 0.6 is 0 Å². The van der Waals surface area contributed by atoms with Crippen LogP contribution in [0.1, 0.15) is 24.1 Å². The Labute approximate surface area is 182 Å². The van der Waals surface area contributed by atoms with Gasteiger partial charge in [-0.05, 0) is 18.1 Å². The van der Waals surface area contributed by atoms with Gasteiger partial charge in [0.25, 0.3) is 5.91 Å². The number of carboxylic acids is 1. The van der Waals surface area contributed by atoms with Crippen LogP contribution in [0.15, 0.2) is 72.4 Å². The molecular formula is C24H26N4O3. The molecule has 2 aromatic rings. The molecule has 1 fully saturated rings. The normalized spacial score (nSPS) is 15.9. The first-order valence-corrected chi connectivity index (χ1v) is 10.2. The number of nitriles is 1. The summed E-state index contributed by atoms with van der Waals surface area (Å²) in [7, 11) is 0. The number of rotatable bonds is 7. The summed E-state index contributed by atoms with van der Waals surface area (Å²) in [5, 5.41) is 20.6. The highest BCUT2D eigenvalue weighted by Gasteiger charge is 2.26. The van der Waals surface area contributed by atoms with Crippen molar-refractivity contribution in [1.29, 1.82) is 5.26 Å². The molecule has 1 unspecified atom stereocenters. The van der Waals surface area contributed by atoms with Crippen molar-refractivity contribution in [1.82, 2.24) is 15.1 Å². The molecule has 2 N–H and O–H groups in total. The first kappa shape index (κ1) is 22.1. The molecule has 1 aliphatic heterocycles. The number of nitrogens with zero attached hydrogens (tertiary/aromatic N) is 3. The number of aliphatic carboxylic acids is 1. The SMILES string of the molecule is CC(NC(=O)/C(C#N)=C\N1CCN(C(c2ccccc2)c2ccccc2)CC1)C(=O)O. The molecule has 1 atom stereocenters. The zero-order valence-corrected chi connectivity index (χ0v) is 17.4. The third kappa shape index (κ3) is 5.71. The number of amides is 1. The summed E-state index contributed by atoms with van der Waals surface area (Å²) in [6, 6.07) is 21.7. The van der Waals surface area contributed by atoms with Crippen LogP contribution in [0, 0.1) is 11.3 Å². The van der Waals surface area contributed by atoms with Crippen molar-refractivity contribution in [2.45, 2.75) is 19.0 Å². The maximum atomic E-state index is 12.2. The Morgan fingerprint density at radius 1 is 1.00 bits per heavy atom. The molecule has 0 aliphatic carbocycles. The lowest BCUT2D eigenvalue weighted by Crippen LogP contribution is -2.46. The zero-order chi connectivity index (χ0) is 22.2. The summed E-state index contributed by atoms with van der Waals surface area (Å²) in [6.07, 6.45) is 1.53. The summed E-state index contributed by atoms with van der Waals surface area (Å²) < 4.78 is 0. The summed E-state index contributed by atoms with van der Waals surface area (Å²) in [4.78, 5) is 27.5. The molecule has 0 radical (unpaired) electrons. The fourth-order valence-electron chi connectivity index (χ4n) is 3.67. The second-order valence-electron chi connectivity index (χ2n) is 7.48. The van der Waals surface area contributed by atoms with Crippen molar-refractivity contribution in [2.75, 3.05) is 26.2 Å². The first-order chi connectivity index (χ1) is 15.0. The molecule has 0 bridgehead atoms. The Hall–Kier alpha value is -3.63. The van der Waals surface area contributed by atoms with Crippen molar-refractivity contribution >= 4 is 11.9 Å². The molecule has 0 spiro atoms. The van der Waals surface area contributed by atoms with Crippen molar-refractivity contribution in [3.05, 3.63) is 83.6 Å². The minimum absolute atomic E-state index is 0.0933. The molecule has 1 saturated heterocycles. The predicted octanol–water partition coefficient (Wildman–Crippen LogP) is 2.39. The number of benzene rings is 2. The van der Waals surface area contributed by atoms with Crippen LogP contribution in [0.2, 0.25) is 0 Å². The average Bonchev–Trinajstić information content (AvgIpc) is 2.80. The second-order valence-corrected chi connectivity index (χ2v) is 7.48. The van der Waals surface area contributed by atoms with Gasteiger partial charge in [0.15, 0.2) is 0 Å². The first-order valence-electron chi connectivity index (χ1n) is 10.2. The highest BCUT2D eigenvalue weighted by molar-refractivity contribution is 5.99. The Balaban J connectivity index is 1.71. The summed E-state index contributed by atoms with van der Waals surface area (Å²) in [5.74, 6) is -1.82. The molecule has 0 saturated carbocycles. The molecule has 1 heterocycles. The van der Waals surface area contributed by atoms with E-state index in [4.69, 9.17) is 5.11 Å². The van der Waals surface area contributed by atoms with Gasteiger partial charge in [-0.3, -0.25) is 14.5 Å². The lowest BCUT2D eigenvalue weighted by atomic mass is 9.96. The van der Waals surface area contributed by atoms with Gasteiger partial charge < -0.3 is 15.3 Å². The van der Waals surface area contributed by atoms with Gasteiger partial charge in [0.05, 0.1) is 6.04 Å². The Bertz CT molecular complexity index is 922. The standard InChI is InChI=1S/C24H26N4O3/c1-18(24(30)31)26-23(29)21(16-25)17-27-12-14-28(15-13-27)22(19-8-4-2-5-9-19)20-10-6-3-7-11-20/h2-11,17-18,22H,12-15H2,1H3,(H,26,29)(H,30,31)/b21-17-. The molecule has 1 amide bonds. The number of hydrogen-bond acceptors (Lipinski definition) is 5. The number of carbonyl (C=O) groups is 2. The Morgan fingerprint density at radius 2 is 1.52 bits per heavy atom. The van der Waals surface area contributed by atoms with Crippen LogP contribution in [0.4, 0.5) is 0 Å². The molecule has 0 aromatic heterocycles. The van der Waals surface area contributed by atoms with E-state index in [2.05, 4.69) is 34.5 Å². The van der Waals surface area contributed by atoms with Crippen LogP contribution in [-0.4, -0.2) is 59.0 Å². The number of piperazine rings is 1. The fraction of sp³-hybridized carbons (Fsp3) is 0.292. The van der Waals surface area contributed by atoms with Gasteiger partial charge in [-0.25, -0.2) is 0 Å². The summed E-state index contributed by atoms with van der Waals surface area (Å²) >= 11 is 0. The molecule has 160 valence electrons. The minimum Gasteiger partial charge on any atom is -0.480 e. The maximum absolute atomic E-state index is 12.2. The Morgan fingerprint density at radius 3 is 1.97 bits per heavy atom. The fourth-order valence-corrected chi connectivity index (χ4v) is 3.67. The number of nitrogens with one attached hydrogen (secondary N) is 1. The molecular weight excluding hydrogens is 392 g/mol. The number of hydrogen-bond donors (Lipinski definition) is 2. The lowest BCUT2D eigenvalue weighted by molar-refractivity contribution is -0.140. The van der Waals surface area contributed by atoms with E-state index in [0.717, 1.165) is 13.1 Å². The van der Waals surface area contributed by atoms with E-state index >= 15 is 0 Å². The van der Waals surface area contributed by atoms with Gasteiger partial charge in [-0.2, -0.15) is 5.26 Å². The van der Waals surface area contributed by atoms with Crippen LogP contribution in [0.5, 0.6) is 0 Å². The van der Waals surface area contributed by atoms with Crippen molar-refractivity contribution in [2.24, 2.45) is 0 Å². The highest BCUT2D eigenvalue weighted by atomic mass is 16.4. The van der Waals surface area contributed by atoms with E-state index in [-0.39, 0.29) is 11.6 Å². The number of carbonyl (C=O) groups excluding carboxylic acids is 1. The summed E-state index contributed by atoms with van der Waals surface area (Å²) in [6.45, 7) is 4.20. The summed E-state index contributed by atoms with van der Waals surface area (Å²) in [5.41, 5.74) is 2.35. The van der Waals surface area contributed by atoms with Gasteiger partial charge in [-0.15, -0.1) is 0 Å². The molecule has 1 aliphatic rings. The van der Waals surface area contributed by atoms with Crippen LogP contribution < -0.4 is 5.32 Å². The van der Waals surface area contributed by atoms with Gasteiger partial charge in [0.1, 0.15) is 17.7 Å². The second kappa shape index (κ2) is 10.4. The van der Waals surface area contributed by atoms with Gasteiger partial charge >= 0.3 is 5.97 Å². The lowest BCUT2D eigenvalue weighted by Gasteiger charge is -2.39. The zero-order valence-electron chi connectivity index (χ0n) is 17.4. The third-order valence-electron chi connectivity index (χ3n) is 5.34. The van der Waals surface area contributed by atoms with Crippen molar-refractivity contribution < 1.29 is 14.7 Å². The minimum atomic E-state index is -1.15. The Kier molecular flexibility index (Phi) is 7.41. The van der Waals surface area contributed by atoms with E-state index in [9.17, 15) is 14.9 Å². The van der Waals surface area contributed by atoms with E-state index in [1.165, 1.54) is 24.3 Å². The monoisotopic (exact) mass is 418 g/mol. The van der Waals surface area contributed by atoms with Crippen molar-refractivity contribution in [3.8, 4) is 6.07 Å². The maximum Gasteiger partial charge on any atom is 0.325 e. The van der Waals surface area contributed by atoms with E-state index in [0.29, 0.717) is 13.1 Å².